The summed E-state index contributed by atoms with van der Waals surface area (Å²) < 4.78 is 0. The highest BCUT2D eigenvalue weighted by atomic mass is 35.5. The van der Waals surface area contributed by atoms with E-state index < -0.39 is 0 Å². The molecule has 1 aliphatic rings. The number of halogens is 1. The Morgan fingerprint density at radius 1 is 1.29 bits per heavy atom. The zero-order valence-electron chi connectivity index (χ0n) is 12.8. The van der Waals surface area contributed by atoms with Crippen LogP contribution in [0.15, 0.2) is 30.4 Å². The first-order valence-corrected chi connectivity index (χ1v) is 7.89. The van der Waals surface area contributed by atoms with Gasteiger partial charge in [0, 0.05) is 43.3 Å². The highest BCUT2D eigenvalue weighted by Gasteiger charge is 2.21. The molecule has 0 aromatic heterocycles. The minimum Gasteiger partial charge on any atom is -0.337 e. The molecular formula is C17H23ClN2O. The van der Waals surface area contributed by atoms with Crippen molar-refractivity contribution in [2.45, 2.75) is 20.3 Å². The smallest absolute Gasteiger partial charge is 0.254 e. The second-order valence-electron chi connectivity index (χ2n) is 5.43. The van der Waals surface area contributed by atoms with Gasteiger partial charge in [0.2, 0.25) is 0 Å². The van der Waals surface area contributed by atoms with Crippen LogP contribution in [0.25, 0.3) is 0 Å². The van der Waals surface area contributed by atoms with Crippen molar-refractivity contribution >= 4 is 17.5 Å². The van der Waals surface area contributed by atoms with E-state index in [1.807, 2.05) is 36.9 Å². The van der Waals surface area contributed by atoms with E-state index in [0.29, 0.717) is 5.02 Å². The van der Waals surface area contributed by atoms with Gasteiger partial charge in [-0.3, -0.25) is 9.69 Å². The molecule has 1 aliphatic heterocycles. The Kier molecular flexibility index (Phi) is 5.83. The van der Waals surface area contributed by atoms with Gasteiger partial charge in [-0.05, 0) is 38.0 Å². The number of carbonyl (C=O) groups excluding carboxylic acids is 1. The molecule has 0 N–H and O–H groups in total. The molecule has 2 rings (SSSR count). The lowest BCUT2D eigenvalue weighted by Gasteiger charge is -2.22. The SMILES string of the molecule is C/C=C/CN1CCCN(C(=O)c2cccc(Cl)c2C)CC1. The summed E-state index contributed by atoms with van der Waals surface area (Å²) in [4.78, 5) is 17.0. The first-order chi connectivity index (χ1) is 10.1. The monoisotopic (exact) mass is 306 g/mol. The predicted octanol–water partition coefficient (Wildman–Crippen LogP) is 3.37. The molecule has 114 valence electrons. The van der Waals surface area contributed by atoms with E-state index in [1.165, 1.54) is 0 Å². The molecule has 21 heavy (non-hydrogen) atoms. The highest BCUT2D eigenvalue weighted by Crippen LogP contribution is 2.20. The van der Waals surface area contributed by atoms with Crippen LogP contribution in [-0.2, 0) is 0 Å². The molecule has 1 amide bonds. The number of benzene rings is 1. The molecule has 1 saturated heterocycles. The summed E-state index contributed by atoms with van der Waals surface area (Å²) in [6.45, 7) is 8.48. The molecule has 3 nitrogen and oxygen atoms in total. The van der Waals surface area contributed by atoms with E-state index in [-0.39, 0.29) is 5.91 Å². The number of hydrogen-bond acceptors (Lipinski definition) is 2. The lowest BCUT2D eigenvalue weighted by molar-refractivity contribution is 0.0761. The number of rotatable bonds is 3. The van der Waals surface area contributed by atoms with E-state index in [1.54, 1.807) is 0 Å². The van der Waals surface area contributed by atoms with E-state index in [4.69, 9.17) is 11.6 Å². The van der Waals surface area contributed by atoms with Crippen LogP contribution in [0.3, 0.4) is 0 Å². The quantitative estimate of drug-likeness (QED) is 0.799. The maximum atomic E-state index is 12.7. The fourth-order valence-electron chi connectivity index (χ4n) is 2.62. The fraction of sp³-hybridized carbons (Fsp3) is 0.471. The Morgan fingerprint density at radius 2 is 2.10 bits per heavy atom. The minimum atomic E-state index is 0.0999. The van der Waals surface area contributed by atoms with Gasteiger partial charge in [-0.1, -0.05) is 29.8 Å². The zero-order chi connectivity index (χ0) is 15.2. The zero-order valence-corrected chi connectivity index (χ0v) is 13.6. The van der Waals surface area contributed by atoms with Gasteiger partial charge in [0.05, 0.1) is 0 Å². The number of nitrogens with zero attached hydrogens (tertiary/aromatic N) is 2. The van der Waals surface area contributed by atoms with Crippen LogP contribution in [0.5, 0.6) is 0 Å². The van der Waals surface area contributed by atoms with E-state index in [9.17, 15) is 4.79 Å². The Balaban J connectivity index is 2.05. The van der Waals surface area contributed by atoms with Crippen molar-refractivity contribution in [2.24, 2.45) is 0 Å². The Morgan fingerprint density at radius 3 is 2.86 bits per heavy atom. The summed E-state index contributed by atoms with van der Waals surface area (Å²) in [5, 5.41) is 0.658. The van der Waals surface area contributed by atoms with Crippen LogP contribution < -0.4 is 0 Å². The molecule has 0 spiro atoms. The summed E-state index contributed by atoms with van der Waals surface area (Å²) in [5.74, 6) is 0.0999. The van der Waals surface area contributed by atoms with Crippen LogP contribution in [0.4, 0.5) is 0 Å². The maximum Gasteiger partial charge on any atom is 0.254 e. The van der Waals surface area contributed by atoms with E-state index in [2.05, 4.69) is 17.1 Å². The molecule has 0 atom stereocenters. The summed E-state index contributed by atoms with van der Waals surface area (Å²) in [7, 11) is 0. The third-order valence-corrected chi connectivity index (χ3v) is 4.38. The average molecular weight is 307 g/mol. The molecule has 1 aromatic rings. The average Bonchev–Trinajstić information content (AvgIpc) is 2.73. The minimum absolute atomic E-state index is 0.0999. The van der Waals surface area contributed by atoms with Gasteiger partial charge in [0.15, 0.2) is 0 Å². The number of carbonyl (C=O) groups is 1. The van der Waals surface area contributed by atoms with Crippen LogP contribution in [0.2, 0.25) is 5.02 Å². The highest BCUT2D eigenvalue weighted by molar-refractivity contribution is 6.31. The molecule has 1 fully saturated rings. The van der Waals surface area contributed by atoms with E-state index in [0.717, 1.165) is 50.3 Å². The van der Waals surface area contributed by atoms with Crippen LogP contribution >= 0.6 is 11.6 Å². The Hall–Kier alpha value is -1.32. The molecule has 0 aliphatic carbocycles. The van der Waals surface area contributed by atoms with Crippen molar-refractivity contribution < 1.29 is 4.79 Å². The molecule has 0 unspecified atom stereocenters. The van der Waals surface area contributed by atoms with Gasteiger partial charge in [-0.2, -0.15) is 0 Å². The van der Waals surface area contributed by atoms with Crippen LogP contribution in [-0.4, -0.2) is 48.4 Å². The molecular weight excluding hydrogens is 284 g/mol. The van der Waals surface area contributed by atoms with Gasteiger partial charge in [0.25, 0.3) is 5.91 Å². The second-order valence-corrected chi connectivity index (χ2v) is 5.83. The molecule has 0 bridgehead atoms. The standard InChI is InChI=1S/C17H23ClN2O/c1-3-4-9-19-10-6-11-20(13-12-19)17(21)15-7-5-8-16(18)14(15)2/h3-5,7-8H,6,9-13H2,1-2H3/b4-3+. The van der Waals surface area contributed by atoms with Gasteiger partial charge >= 0.3 is 0 Å². The van der Waals surface area contributed by atoms with Gasteiger partial charge in [-0.15, -0.1) is 0 Å². The van der Waals surface area contributed by atoms with Gasteiger partial charge in [-0.25, -0.2) is 0 Å². The molecule has 4 heteroatoms. The first kappa shape index (κ1) is 16.1. The van der Waals surface area contributed by atoms with Crippen molar-refractivity contribution in [1.29, 1.82) is 0 Å². The number of amides is 1. The number of allylic oxidation sites excluding steroid dienone is 1. The van der Waals surface area contributed by atoms with Crippen molar-refractivity contribution in [3.63, 3.8) is 0 Å². The van der Waals surface area contributed by atoms with Gasteiger partial charge in [0.1, 0.15) is 0 Å². The topological polar surface area (TPSA) is 23.6 Å². The third kappa shape index (κ3) is 4.08. The van der Waals surface area contributed by atoms with Crippen molar-refractivity contribution in [1.82, 2.24) is 9.80 Å². The Labute approximate surface area is 132 Å². The molecule has 0 saturated carbocycles. The molecule has 1 aromatic carbocycles. The lowest BCUT2D eigenvalue weighted by Crippen LogP contribution is -2.35. The predicted molar refractivity (Wildman–Crippen MR) is 88.0 cm³/mol. The summed E-state index contributed by atoms with van der Waals surface area (Å²) in [5.41, 5.74) is 1.60. The number of hydrogen-bond donors (Lipinski definition) is 0. The fourth-order valence-corrected chi connectivity index (χ4v) is 2.80. The normalized spacial score (nSPS) is 17.2. The Bertz CT molecular complexity index is 528. The van der Waals surface area contributed by atoms with Crippen molar-refractivity contribution in [3.8, 4) is 0 Å². The summed E-state index contributed by atoms with van der Waals surface area (Å²) in [6.07, 6.45) is 5.25. The molecule has 0 radical (unpaired) electrons. The first-order valence-electron chi connectivity index (χ1n) is 7.51. The molecule has 1 heterocycles. The second kappa shape index (κ2) is 7.62. The summed E-state index contributed by atoms with van der Waals surface area (Å²) >= 11 is 6.12. The van der Waals surface area contributed by atoms with Crippen LogP contribution in [0, 0.1) is 6.92 Å². The van der Waals surface area contributed by atoms with Crippen molar-refractivity contribution in [2.75, 3.05) is 32.7 Å². The largest absolute Gasteiger partial charge is 0.337 e. The van der Waals surface area contributed by atoms with Crippen molar-refractivity contribution in [3.05, 3.63) is 46.5 Å². The van der Waals surface area contributed by atoms with Gasteiger partial charge < -0.3 is 4.90 Å². The van der Waals surface area contributed by atoms with Crippen LogP contribution in [0.1, 0.15) is 29.3 Å². The van der Waals surface area contributed by atoms with E-state index >= 15 is 0 Å². The maximum absolute atomic E-state index is 12.7. The third-order valence-electron chi connectivity index (χ3n) is 3.97. The summed E-state index contributed by atoms with van der Waals surface area (Å²) in [6, 6.07) is 5.54. The lowest BCUT2D eigenvalue weighted by atomic mass is 10.1.